The quantitative estimate of drug-likeness (QED) is 0.822. The molecule has 7 heteroatoms. The van der Waals surface area contributed by atoms with Gasteiger partial charge < -0.3 is 15.3 Å². The topological polar surface area (TPSA) is 78.4 Å². The zero-order chi connectivity index (χ0) is 18.4. The molecular formula is C19H23FN4O2. The third-order valence-corrected chi connectivity index (χ3v) is 4.56. The zero-order valence-corrected chi connectivity index (χ0v) is 14.6. The van der Waals surface area contributed by atoms with E-state index >= 15 is 0 Å². The maximum atomic E-state index is 12.9. The first kappa shape index (κ1) is 18.3. The second kappa shape index (κ2) is 8.23. The average Bonchev–Trinajstić information content (AvgIpc) is 2.67. The number of nitrogens with zero attached hydrogens (tertiary/aromatic N) is 3. The van der Waals surface area contributed by atoms with Crippen molar-refractivity contribution in [1.29, 1.82) is 0 Å². The highest BCUT2D eigenvalue weighted by Crippen LogP contribution is 2.23. The first-order chi connectivity index (χ1) is 12.5. The smallest absolute Gasteiger partial charge is 0.225 e. The van der Waals surface area contributed by atoms with Crippen molar-refractivity contribution in [3.05, 3.63) is 54.1 Å². The Bertz CT molecular complexity index is 726. The van der Waals surface area contributed by atoms with E-state index in [2.05, 4.69) is 15.3 Å². The van der Waals surface area contributed by atoms with Crippen molar-refractivity contribution in [1.82, 2.24) is 15.3 Å². The number of aliphatic hydroxyl groups is 1. The van der Waals surface area contributed by atoms with Crippen LogP contribution in [-0.4, -0.2) is 46.2 Å². The van der Waals surface area contributed by atoms with Gasteiger partial charge in [-0.3, -0.25) is 4.79 Å². The summed E-state index contributed by atoms with van der Waals surface area (Å²) >= 11 is 0. The van der Waals surface area contributed by atoms with Crippen molar-refractivity contribution in [3.8, 4) is 0 Å². The van der Waals surface area contributed by atoms with Gasteiger partial charge in [-0.1, -0.05) is 12.1 Å². The van der Waals surface area contributed by atoms with E-state index in [0.29, 0.717) is 31.8 Å². The molecule has 1 aliphatic rings. The number of aromatic nitrogens is 2. The van der Waals surface area contributed by atoms with Gasteiger partial charge in [-0.2, -0.15) is 0 Å². The van der Waals surface area contributed by atoms with Crippen LogP contribution in [0, 0.1) is 5.82 Å². The molecule has 2 N–H and O–H groups in total. The lowest BCUT2D eigenvalue weighted by Gasteiger charge is -2.39. The molecule has 1 unspecified atom stereocenters. The number of piperidine rings is 1. The summed E-state index contributed by atoms with van der Waals surface area (Å²) in [7, 11) is 0. The van der Waals surface area contributed by atoms with E-state index in [4.69, 9.17) is 0 Å². The minimum absolute atomic E-state index is 0.129. The number of halogens is 1. The van der Waals surface area contributed by atoms with Gasteiger partial charge in [0.2, 0.25) is 11.9 Å². The molecule has 1 atom stereocenters. The van der Waals surface area contributed by atoms with Gasteiger partial charge >= 0.3 is 0 Å². The monoisotopic (exact) mass is 358 g/mol. The van der Waals surface area contributed by atoms with Crippen LogP contribution in [0.4, 0.5) is 10.3 Å². The van der Waals surface area contributed by atoms with Gasteiger partial charge in [-0.15, -0.1) is 0 Å². The number of hydrogen-bond acceptors (Lipinski definition) is 5. The lowest BCUT2D eigenvalue weighted by molar-refractivity contribution is -0.122. The third-order valence-electron chi connectivity index (χ3n) is 4.56. The predicted molar refractivity (Wildman–Crippen MR) is 96.2 cm³/mol. The Kier molecular flexibility index (Phi) is 5.78. The summed E-state index contributed by atoms with van der Waals surface area (Å²) in [6, 6.07) is 7.88. The summed E-state index contributed by atoms with van der Waals surface area (Å²) < 4.78 is 12.9. The number of carbonyl (C=O) groups is 1. The van der Waals surface area contributed by atoms with Gasteiger partial charge in [-0.05, 0) is 43.0 Å². The van der Waals surface area contributed by atoms with Crippen molar-refractivity contribution in [3.63, 3.8) is 0 Å². The van der Waals surface area contributed by atoms with Crippen LogP contribution in [0.1, 0.15) is 24.8 Å². The van der Waals surface area contributed by atoms with E-state index in [-0.39, 0.29) is 18.3 Å². The maximum Gasteiger partial charge on any atom is 0.225 e. The third kappa shape index (κ3) is 4.98. The van der Waals surface area contributed by atoms with E-state index in [0.717, 1.165) is 18.5 Å². The van der Waals surface area contributed by atoms with Crippen LogP contribution < -0.4 is 10.2 Å². The molecule has 0 saturated carbocycles. The van der Waals surface area contributed by atoms with E-state index in [9.17, 15) is 14.3 Å². The Morgan fingerprint density at radius 3 is 2.73 bits per heavy atom. The molecule has 1 aromatic heterocycles. The van der Waals surface area contributed by atoms with Crippen molar-refractivity contribution >= 4 is 11.9 Å². The number of anilines is 1. The number of rotatable bonds is 6. The number of β-amino-alcohol motifs (C(OH)–C–C–N with tert-alkyl or cyclic N) is 1. The number of benzene rings is 1. The van der Waals surface area contributed by atoms with E-state index in [1.165, 1.54) is 12.1 Å². The highest BCUT2D eigenvalue weighted by atomic mass is 19.1. The summed E-state index contributed by atoms with van der Waals surface area (Å²) in [5.41, 5.74) is -0.0893. The molecule has 1 aromatic carbocycles. The molecule has 1 fully saturated rings. The molecule has 138 valence electrons. The van der Waals surface area contributed by atoms with Crippen LogP contribution >= 0.6 is 0 Å². The Morgan fingerprint density at radius 1 is 1.27 bits per heavy atom. The number of aryl methyl sites for hydroxylation is 1. The van der Waals surface area contributed by atoms with Crippen LogP contribution in [0.3, 0.4) is 0 Å². The summed E-state index contributed by atoms with van der Waals surface area (Å²) in [6.45, 7) is 1.36. The largest absolute Gasteiger partial charge is 0.386 e. The molecule has 3 rings (SSSR count). The van der Waals surface area contributed by atoms with E-state index in [1.54, 1.807) is 30.6 Å². The fourth-order valence-corrected chi connectivity index (χ4v) is 3.14. The first-order valence-electron chi connectivity index (χ1n) is 8.80. The summed E-state index contributed by atoms with van der Waals surface area (Å²) in [5, 5.41) is 13.6. The van der Waals surface area contributed by atoms with Gasteiger partial charge in [-0.25, -0.2) is 14.4 Å². The lowest BCUT2D eigenvalue weighted by Crippen LogP contribution is -2.54. The average molecular weight is 358 g/mol. The standard InChI is InChI=1S/C19H23FN4O2/c20-16-6-3-15(4-7-16)5-8-17(25)23-13-19(26)9-1-12-24(14-19)18-21-10-2-11-22-18/h2-4,6-7,10-11,26H,1,5,8-9,12-14H2,(H,23,25). The molecule has 0 spiro atoms. The molecule has 0 aliphatic carbocycles. The predicted octanol–water partition coefficient (Wildman–Crippen LogP) is 1.70. The Hall–Kier alpha value is -2.54. The molecule has 0 bridgehead atoms. The number of carbonyl (C=O) groups excluding carboxylic acids is 1. The van der Waals surface area contributed by atoms with Crippen molar-refractivity contribution in [2.75, 3.05) is 24.5 Å². The zero-order valence-electron chi connectivity index (χ0n) is 14.6. The van der Waals surface area contributed by atoms with Gasteiger partial charge in [0, 0.05) is 31.9 Å². The van der Waals surface area contributed by atoms with Crippen LogP contribution in [-0.2, 0) is 11.2 Å². The molecule has 1 saturated heterocycles. The van der Waals surface area contributed by atoms with Crippen LogP contribution in [0.5, 0.6) is 0 Å². The van der Waals surface area contributed by atoms with Gasteiger partial charge in [0.05, 0.1) is 12.1 Å². The molecule has 1 amide bonds. The molecule has 2 heterocycles. The van der Waals surface area contributed by atoms with Crippen molar-refractivity contribution < 1.29 is 14.3 Å². The van der Waals surface area contributed by atoms with Gasteiger partial charge in [0.1, 0.15) is 5.82 Å². The number of amides is 1. The Morgan fingerprint density at radius 2 is 2.00 bits per heavy atom. The SMILES string of the molecule is O=C(CCc1ccc(F)cc1)NCC1(O)CCCN(c2ncccn2)C1. The highest BCUT2D eigenvalue weighted by molar-refractivity contribution is 5.76. The minimum Gasteiger partial charge on any atom is -0.386 e. The maximum absolute atomic E-state index is 12.9. The Balaban J connectivity index is 1.48. The summed E-state index contributed by atoms with van der Waals surface area (Å²) in [4.78, 5) is 22.5. The molecular weight excluding hydrogens is 335 g/mol. The second-order valence-electron chi connectivity index (χ2n) is 6.70. The fraction of sp³-hybridized carbons (Fsp3) is 0.421. The van der Waals surface area contributed by atoms with Crippen molar-refractivity contribution in [2.45, 2.75) is 31.3 Å². The number of hydrogen-bond donors (Lipinski definition) is 2. The Labute approximate surface area is 152 Å². The molecule has 6 nitrogen and oxygen atoms in total. The van der Waals surface area contributed by atoms with Gasteiger partial charge in [0.15, 0.2) is 0 Å². The van der Waals surface area contributed by atoms with E-state index in [1.807, 2.05) is 4.90 Å². The summed E-state index contributed by atoms with van der Waals surface area (Å²) in [5.74, 6) is 0.175. The van der Waals surface area contributed by atoms with Crippen LogP contribution in [0.2, 0.25) is 0 Å². The molecule has 1 aliphatic heterocycles. The second-order valence-corrected chi connectivity index (χ2v) is 6.70. The molecule has 0 radical (unpaired) electrons. The molecule has 26 heavy (non-hydrogen) atoms. The number of nitrogens with one attached hydrogen (secondary N) is 1. The summed E-state index contributed by atoms with van der Waals surface area (Å²) in [6.07, 6.45) is 5.61. The molecule has 2 aromatic rings. The lowest BCUT2D eigenvalue weighted by atomic mass is 9.93. The van der Waals surface area contributed by atoms with Gasteiger partial charge in [0.25, 0.3) is 0 Å². The van der Waals surface area contributed by atoms with E-state index < -0.39 is 5.60 Å². The van der Waals surface area contributed by atoms with Crippen molar-refractivity contribution in [2.24, 2.45) is 0 Å². The first-order valence-corrected chi connectivity index (χ1v) is 8.80. The van der Waals surface area contributed by atoms with Crippen LogP contribution in [0.15, 0.2) is 42.7 Å². The van der Waals surface area contributed by atoms with Crippen LogP contribution in [0.25, 0.3) is 0 Å². The fourth-order valence-electron chi connectivity index (χ4n) is 3.14. The normalized spacial score (nSPS) is 20.0. The minimum atomic E-state index is -0.997. The highest BCUT2D eigenvalue weighted by Gasteiger charge is 2.34.